The molecule has 3 rings (SSSR count). The first-order valence-electron chi connectivity index (χ1n) is 9.49. The van der Waals surface area contributed by atoms with Crippen LogP contribution in [0.25, 0.3) is 12.2 Å². The molecule has 0 amide bonds. The summed E-state index contributed by atoms with van der Waals surface area (Å²) in [5, 5.41) is 28.4. The summed E-state index contributed by atoms with van der Waals surface area (Å²) in [5.74, 6) is -0.164. The minimum absolute atomic E-state index is 0. The average molecular weight is 563 g/mol. The summed E-state index contributed by atoms with van der Waals surface area (Å²) >= 11 is 0. The fourth-order valence-corrected chi connectivity index (χ4v) is 4.31. The molecule has 0 aromatic heterocycles. The van der Waals surface area contributed by atoms with Gasteiger partial charge in [0.25, 0.3) is 5.69 Å². The van der Waals surface area contributed by atoms with E-state index in [2.05, 4.69) is 10.2 Å². The van der Waals surface area contributed by atoms with Crippen LogP contribution in [0.3, 0.4) is 0 Å². The maximum atomic E-state index is 11.8. The van der Waals surface area contributed by atoms with Crippen molar-refractivity contribution in [3.8, 4) is 5.75 Å². The summed E-state index contributed by atoms with van der Waals surface area (Å²) in [5.41, 5.74) is -0.177. The second kappa shape index (κ2) is 13.2. The molecule has 3 aromatic carbocycles. The van der Waals surface area contributed by atoms with Crippen LogP contribution < -0.4 is 59.1 Å². The van der Waals surface area contributed by atoms with Crippen molar-refractivity contribution in [1.82, 2.24) is 0 Å². The van der Waals surface area contributed by atoms with Gasteiger partial charge in [-0.3, -0.25) is 10.1 Å². The summed E-state index contributed by atoms with van der Waals surface area (Å²) in [4.78, 5) is 8.41. The number of nitro groups is 1. The standard InChI is InChI=1S/C21H17N3O9S2.2Na/c1-13-2-9-19(25)18(10-13)23-22-16-7-5-14(20(11-16)34(28,29)30)3-4-15-6-8-17(24(26)27)12-21(15)35(31,32)33;;/h2-12,25H,1H3,(H,28,29,30)(H,31,32,33);;/q;2*+1/p-2. The number of benzene rings is 3. The summed E-state index contributed by atoms with van der Waals surface area (Å²) in [6, 6.07) is 10.6. The van der Waals surface area contributed by atoms with Crippen LogP contribution in [-0.4, -0.2) is 36.0 Å². The van der Waals surface area contributed by atoms with Crippen LogP contribution in [0.2, 0.25) is 0 Å². The molecule has 0 spiro atoms. The van der Waals surface area contributed by atoms with Crippen molar-refractivity contribution in [1.29, 1.82) is 0 Å². The Balaban J connectivity index is 0.00000342. The molecule has 0 aliphatic rings. The molecule has 0 saturated carbocycles. The van der Waals surface area contributed by atoms with Crippen molar-refractivity contribution in [2.75, 3.05) is 0 Å². The molecular formula is C21H15N3Na2O9S2. The Hall–Kier alpha value is -1.98. The van der Waals surface area contributed by atoms with E-state index in [4.69, 9.17) is 0 Å². The van der Waals surface area contributed by atoms with Crippen molar-refractivity contribution in [3.05, 3.63) is 81.4 Å². The third-order valence-electron chi connectivity index (χ3n) is 4.59. The molecule has 0 saturated heterocycles. The SMILES string of the molecule is Cc1ccc(O)c(N=Nc2ccc(C=Cc3ccc([N+](=O)[O-])cc3S(=O)(=O)[O-])c(S(=O)(=O)[O-])c2)c1.[Na+].[Na+]. The number of nitro benzene ring substituents is 1. The molecule has 0 unspecified atom stereocenters. The Bertz CT molecular complexity index is 1610. The molecule has 1 N–H and O–H groups in total. The smallest absolute Gasteiger partial charge is 0.744 e. The molecule has 0 heterocycles. The molecule has 3 aromatic rings. The van der Waals surface area contributed by atoms with Crippen LogP contribution in [0.15, 0.2) is 74.6 Å². The van der Waals surface area contributed by atoms with Crippen LogP contribution in [0, 0.1) is 17.0 Å². The van der Waals surface area contributed by atoms with Gasteiger partial charge >= 0.3 is 59.1 Å². The third kappa shape index (κ3) is 8.78. The van der Waals surface area contributed by atoms with Gasteiger partial charge in [-0.15, -0.1) is 5.11 Å². The predicted octanol–water partition coefficient (Wildman–Crippen LogP) is -1.99. The Morgan fingerprint density at radius 2 is 1.35 bits per heavy atom. The van der Waals surface area contributed by atoms with E-state index >= 15 is 0 Å². The zero-order valence-electron chi connectivity index (χ0n) is 19.7. The Morgan fingerprint density at radius 1 is 0.811 bits per heavy atom. The van der Waals surface area contributed by atoms with E-state index in [1.807, 2.05) is 0 Å². The number of rotatable bonds is 7. The first-order chi connectivity index (χ1) is 16.3. The fourth-order valence-electron chi connectivity index (χ4n) is 2.93. The zero-order valence-corrected chi connectivity index (χ0v) is 25.4. The number of phenols is 1. The first kappa shape index (κ1) is 33.0. The van der Waals surface area contributed by atoms with Crippen LogP contribution in [0.1, 0.15) is 16.7 Å². The molecule has 0 fully saturated rings. The van der Waals surface area contributed by atoms with Crippen molar-refractivity contribution >= 4 is 49.5 Å². The molecule has 182 valence electrons. The largest absolute Gasteiger partial charge is 1.00 e. The Labute approximate surface area is 256 Å². The quantitative estimate of drug-likeness (QED) is 0.0843. The number of nitrogens with zero attached hydrogens (tertiary/aromatic N) is 3. The Morgan fingerprint density at radius 3 is 1.89 bits per heavy atom. The van der Waals surface area contributed by atoms with Gasteiger partial charge in [0.1, 0.15) is 31.7 Å². The van der Waals surface area contributed by atoms with Gasteiger partial charge in [-0.25, -0.2) is 16.8 Å². The van der Waals surface area contributed by atoms with Gasteiger partial charge in [0.15, 0.2) is 0 Å². The second-order valence-corrected chi connectivity index (χ2v) is 9.83. The van der Waals surface area contributed by atoms with E-state index in [-0.39, 0.29) is 87.4 Å². The molecule has 0 radical (unpaired) electrons. The molecule has 0 aliphatic carbocycles. The summed E-state index contributed by atoms with van der Waals surface area (Å²) in [6.45, 7) is 1.76. The van der Waals surface area contributed by atoms with E-state index in [0.29, 0.717) is 6.07 Å². The van der Waals surface area contributed by atoms with Crippen LogP contribution >= 0.6 is 0 Å². The average Bonchev–Trinajstić information content (AvgIpc) is 2.77. The predicted molar refractivity (Wildman–Crippen MR) is 121 cm³/mol. The van der Waals surface area contributed by atoms with Crippen molar-refractivity contribution < 1.29 is 95.1 Å². The molecule has 0 atom stereocenters. The fraction of sp³-hybridized carbons (Fsp3) is 0.0476. The van der Waals surface area contributed by atoms with Crippen molar-refractivity contribution in [2.45, 2.75) is 16.7 Å². The maximum Gasteiger partial charge on any atom is 1.00 e. The number of hydrogen-bond acceptors (Lipinski definition) is 11. The van der Waals surface area contributed by atoms with E-state index in [1.165, 1.54) is 24.3 Å². The first-order valence-corrected chi connectivity index (χ1v) is 12.3. The molecule has 0 bridgehead atoms. The number of azo groups is 1. The molecule has 0 aliphatic heterocycles. The summed E-state index contributed by atoms with van der Waals surface area (Å²) < 4.78 is 70.1. The van der Waals surface area contributed by atoms with Crippen molar-refractivity contribution in [2.24, 2.45) is 10.2 Å². The van der Waals surface area contributed by atoms with Gasteiger partial charge in [0, 0.05) is 12.1 Å². The minimum Gasteiger partial charge on any atom is -0.744 e. The van der Waals surface area contributed by atoms with Gasteiger partial charge in [-0.1, -0.05) is 24.3 Å². The zero-order chi connectivity index (χ0) is 26.0. The maximum absolute atomic E-state index is 11.8. The van der Waals surface area contributed by atoms with Crippen LogP contribution in [0.5, 0.6) is 5.75 Å². The number of phenolic OH excluding ortho intramolecular Hbond substituents is 1. The Kier molecular flexibility index (Phi) is 11.8. The van der Waals surface area contributed by atoms with E-state index in [0.717, 1.165) is 35.9 Å². The second-order valence-electron chi connectivity index (χ2n) is 7.14. The van der Waals surface area contributed by atoms with Gasteiger partial charge in [0.05, 0.1) is 20.4 Å². The molecule has 16 heteroatoms. The molecule has 37 heavy (non-hydrogen) atoms. The minimum atomic E-state index is -5.11. The van der Waals surface area contributed by atoms with Crippen LogP contribution in [-0.2, 0) is 20.2 Å². The monoisotopic (exact) mass is 563 g/mol. The third-order valence-corrected chi connectivity index (χ3v) is 6.37. The number of non-ortho nitro benzene ring substituents is 1. The topological polar surface area (TPSA) is 202 Å². The van der Waals surface area contributed by atoms with E-state index < -0.39 is 40.6 Å². The van der Waals surface area contributed by atoms with E-state index in [1.54, 1.807) is 13.0 Å². The molecular weight excluding hydrogens is 548 g/mol. The van der Waals surface area contributed by atoms with E-state index in [9.17, 15) is 41.2 Å². The number of aryl methyl sites for hydroxylation is 1. The normalized spacial score (nSPS) is 11.8. The summed E-state index contributed by atoms with van der Waals surface area (Å²) in [7, 11) is -10.1. The number of hydrogen-bond donors (Lipinski definition) is 1. The van der Waals surface area contributed by atoms with Gasteiger partial charge in [-0.2, -0.15) is 5.11 Å². The van der Waals surface area contributed by atoms with Gasteiger partial charge in [0.2, 0.25) is 0 Å². The van der Waals surface area contributed by atoms with Crippen molar-refractivity contribution in [3.63, 3.8) is 0 Å². The van der Waals surface area contributed by atoms with Gasteiger partial charge < -0.3 is 14.2 Å². The van der Waals surface area contributed by atoms with Gasteiger partial charge in [-0.05, 0) is 53.9 Å². The van der Waals surface area contributed by atoms with Crippen LogP contribution in [0.4, 0.5) is 17.1 Å². The number of aromatic hydroxyl groups is 1. The molecule has 12 nitrogen and oxygen atoms in total. The summed E-state index contributed by atoms with van der Waals surface area (Å²) in [6.07, 6.45) is 2.10.